The molecule has 0 aliphatic heterocycles. The Morgan fingerprint density at radius 1 is 1.00 bits per heavy atom. The molecule has 32 heavy (non-hydrogen) atoms. The van der Waals surface area contributed by atoms with Crippen LogP contribution < -0.4 is 14.2 Å². The van der Waals surface area contributed by atoms with Crippen LogP contribution in [0.1, 0.15) is 13.8 Å². The van der Waals surface area contributed by atoms with Crippen molar-refractivity contribution in [3.05, 3.63) is 46.7 Å². The first-order valence-corrected chi connectivity index (χ1v) is 12.2. The van der Waals surface area contributed by atoms with Gasteiger partial charge in [-0.05, 0) is 37.4 Å². The van der Waals surface area contributed by atoms with E-state index in [2.05, 4.69) is 33.4 Å². The number of ether oxygens (including phenoxy) is 2. The van der Waals surface area contributed by atoms with Crippen LogP contribution in [0.25, 0.3) is 10.9 Å². The molecule has 8 nitrogen and oxygen atoms in total. The maximum atomic E-state index is 12.9. The van der Waals surface area contributed by atoms with Crippen LogP contribution in [0.15, 0.2) is 41.6 Å². The highest BCUT2D eigenvalue weighted by atomic mass is 35.5. The number of hydrogen-bond acceptors (Lipinski definition) is 7. The summed E-state index contributed by atoms with van der Waals surface area (Å²) < 4.78 is 39.6. The van der Waals surface area contributed by atoms with Gasteiger partial charge < -0.3 is 14.4 Å². The third kappa shape index (κ3) is 5.72. The van der Waals surface area contributed by atoms with E-state index in [9.17, 15) is 8.42 Å². The molecule has 3 rings (SSSR count). The molecule has 0 amide bonds. The zero-order valence-electron chi connectivity index (χ0n) is 17.9. The molecule has 172 valence electrons. The zero-order valence-corrected chi connectivity index (χ0v) is 20.3. The van der Waals surface area contributed by atoms with E-state index >= 15 is 0 Å². The zero-order chi connectivity index (χ0) is 23.3. The van der Waals surface area contributed by atoms with Crippen LogP contribution in [0.5, 0.6) is 11.5 Å². The Balaban J connectivity index is 1.92. The van der Waals surface area contributed by atoms with Crippen molar-refractivity contribution >= 4 is 49.9 Å². The van der Waals surface area contributed by atoms with Crippen LogP contribution in [0, 0.1) is 0 Å². The second-order valence-corrected chi connectivity index (χ2v) is 9.38. The molecular weight excluding hydrogens is 475 g/mol. The number of nitrogens with one attached hydrogen (secondary N) is 1. The van der Waals surface area contributed by atoms with Gasteiger partial charge >= 0.3 is 0 Å². The number of nitrogens with zero attached hydrogens (tertiary/aromatic N) is 3. The molecule has 0 fully saturated rings. The summed E-state index contributed by atoms with van der Waals surface area (Å²) in [4.78, 5) is 10.5. The van der Waals surface area contributed by atoms with Gasteiger partial charge in [0.25, 0.3) is 10.0 Å². The van der Waals surface area contributed by atoms with Gasteiger partial charge in [-0.15, -0.1) is 0 Å². The van der Waals surface area contributed by atoms with Gasteiger partial charge in [-0.1, -0.05) is 37.0 Å². The van der Waals surface area contributed by atoms with Gasteiger partial charge in [0, 0.05) is 28.0 Å². The first-order valence-electron chi connectivity index (χ1n) is 9.94. The summed E-state index contributed by atoms with van der Waals surface area (Å²) >= 11 is 11.9. The number of halogens is 2. The van der Waals surface area contributed by atoms with E-state index in [4.69, 9.17) is 32.7 Å². The van der Waals surface area contributed by atoms with Crippen molar-refractivity contribution in [1.29, 1.82) is 0 Å². The van der Waals surface area contributed by atoms with Crippen molar-refractivity contribution in [2.75, 3.05) is 38.1 Å². The highest BCUT2D eigenvalue weighted by Crippen LogP contribution is 2.34. The van der Waals surface area contributed by atoms with E-state index in [-0.39, 0.29) is 20.8 Å². The van der Waals surface area contributed by atoms with Crippen LogP contribution in [-0.4, -0.2) is 56.6 Å². The third-order valence-corrected chi connectivity index (χ3v) is 6.61. The fourth-order valence-corrected chi connectivity index (χ4v) is 4.87. The predicted molar refractivity (Wildman–Crippen MR) is 127 cm³/mol. The van der Waals surface area contributed by atoms with Crippen LogP contribution in [0.4, 0.5) is 5.82 Å². The summed E-state index contributed by atoms with van der Waals surface area (Å²) in [5.74, 6) is 1.05. The van der Waals surface area contributed by atoms with Crippen molar-refractivity contribution in [2.24, 2.45) is 0 Å². The highest BCUT2D eigenvalue weighted by molar-refractivity contribution is 7.92. The third-order valence-electron chi connectivity index (χ3n) is 4.86. The number of hydrogen-bond donors (Lipinski definition) is 1. The lowest BCUT2D eigenvalue weighted by atomic mass is 10.2. The predicted octanol–water partition coefficient (Wildman–Crippen LogP) is 4.47. The number of rotatable bonds is 10. The quantitative estimate of drug-likeness (QED) is 0.440. The highest BCUT2D eigenvalue weighted by Gasteiger charge is 2.19. The standard InChI is InChI=1S/C21H24Cl2N4O4S/c1-4-27(5-2)6-7-31-20-12-18-17(11-19(20)30-3)21(25-13-24-18)26-32(28,29)16-9-14(22)8-15(23)10-16/h8-13H,4-7H2,1-3H3,(H,24,25,26). The van der Waals surface area contributed by atoms with Crippen LogP contribution in [0.3, 0.4) is 0 Å². The molecule has 0 saturated carbocycles. The second kappa shape index (κ2) is 10.5. The van der Waals surface area contributed by atoms with Crippen molar-refractivity contribution < 1.29 is 17.9 Å². The molecule has 0 aliphatic carbocycles. The fraction of sp³-hybridized carbons (Fsp3) is 0.333. The Morgan fingerprint density at radius 3 is 2.31 bits per heavy atom. The summed E-state index contributed by atoms with van der Waals surface area (Å²) in [6.07, 6.45) is 1.28. The minimum Gasteiger partial charge on any atom is -0.493 e. The number of sulfonamides is 1. The largest absolute Gasteiger partial charge is 0.493 e. The lowest BCUT2D eigenvalue weighted by Gasteiger charge is -2.19. The minimum absolute atomic E-state index is 0.0786. The molecule has 0 spiro atoms. The van der Waals surface area contributed by atoms with Gasteiger partial charge in [0.15, 0.2) is 17.3 Å². The Morgan fingerprint density at radius 2 is 1.69 bits per heavy atom. The Labute approximate surface area is 197 Å². The topological polar surface area (TPSA) is 93.6 Å². The van der Waals surface area contributed by atoms with Gasteiger partial charge in [-0.25, -0.2) is 18.4 Å². The monoisotopic (exact) mass is 498 g/mol. The van der Waals surface area contributed by atoms with E-state index in [1.54, 1.807) is 12.1 Å². The van der Waals surface area contributed by atoms with E-state index in [0.29, 0.717) is 29.0 Å². The maximum Gasteiger partial charge on any atom is 0.263 e. The molecule has 0 radical (unpaired) electrons. The van der Waals surface area contributed by atoms with Gasteiger partial charge in [0.05, 0.1) is 17.5 Å². The first kappa shape index (κ1) is 24.3. The Bertz CT molecular complexity index is 1180. The fourth-order valence-electron chi connectivity index (χ4n) is 3.11. The lowest BCUT2D eigenvalue weighted by molar-refractivity contribution is 0.217. The molecule has 0 unspecified atom stereocenters. The maximum absolute atomic E-state index is 12.9. The molecule has 3 aromatic rings. The van der Waals surface area contributed by atoms with Crippen molar-refractivity contribution in [1.82, 2.24) is 14.9 Å². The summed E-state index contributed by atoms with van der Waals surface area (Å²) in [5, 5.41) is 0.870. The molecule has 11 heteroatoms. The molecular formula is C21H24Cl2N4O4S. The van der Waals surface area contributed by atoms with Crippen LogP contribution in [0.2, 0.25) is 10.0 Å². The summed E-state index contributed by atoms with van der Waals surface area (Å²) in [5.41, 5.74) is 0.500. The van der Waals surface area contributed by atoms with Crippen LogP contribution >= 0.6 is 23.2 Å². The number of anilines is 1. The number of aromatic nitrogens is 2. The smallest absolute Gasteiger partial charge is 0.263 e. The molecule has 1 N–H and O–H groups in total. The van der Waals surface area contributed by atoms with E-state index in [1.165, 1.54) is 31.6 Å². The summed E-state index contributed by atoms with van der Waals surface area (Å²) in [6, 6.07) is 7.41. The number of methoxy groups -OCH3 is 1. The normalized spacial score (nSPS) is 11.7. The van der Waals surface area contributed by atoms with Crippen molar-refractivity contribution in [3.63, 3.8) is 0 Å². The number of fused-ring (bicyclic) bond motifs is 1. The average Bonchev–Trinajstić information content (AvgIpc) is 2.75. The molecule has 0 bridgehead atoms. The van der Waals surface area contributed by atoms with Gasteiger partial charge in [0.2, 0.25) is 0 Å². The number of likely N-dealkylation sites (N-methyl/N-ethyl adjacent to an activating group) is 1. The summed E-state index contributed by atoms with van der Waals surface area (Å²) in [6.45, 7) is 7.30. The minimum atomic E-state index is -4.00. The van der Waals surface area contributed by atoms with Crippen molar-refractivity contribution in [2.45, 2.75) is 18.7 Å². The van der Waals surface area contributed by atoms with E-state index < -0.39 is 10.0 Å². The van der Waals surface area contributed by atoms with Gasteiger partial charge in [0.1, 0.15) is 12.9 Å². The Kier molecular flexibility index (Phi) is 8.00. The van der Waals surface area contributed by atoms with Crippen molar-refractivity contribution in [3.8, 4) is 11.5 Å². The SMILES string of the molecule is CCN(CC)CCOc1cc2ncnc(NS(=O)(=O)c3cc(Cl)cc(Cl)c3)c2cc1OC. The molecule has 0 atom stereocenters. The molecule has 0 saturated heterocycles. The van der Waals surface area contributed by atoms with Gasteiger partial charge in [-0.3, -0.25) is 4.72 Å². The molecule has 1 heterocycles. The van der Waals surface area contributed by atoms with E-state index in [0.717, 1.165) is 19.6 Å². The molecule has 2 aromatic carbocycles. The Hall–Kier alpha value is -2.33. The molecule has 1 aromatic heterocycles. The van der Waals surface area contributed by atoms with E-state index in [1.807, 2.05) is 0 Å². The average molecular weight is 499 g/mol. The first-order chi connectivity index (χ1) is 15.3. The second-order valence-electron chi connectivity index (χ2n) is 6.83. The number of benzene rings is 2. The lowest BCUT2D eigenvalue weighted by Crippen LogP contribution is -2.27. The summed E-state index contributed by atoms with van der Waals surface area (Å²) in [7, 11) is -2.48. The molecule has 0 aliphatic rings. The van der Waals surface area contributed by atoms with Gasteiger partial charge in [-0.2, -0.15) is 0 Å². The van der Waals surface area contributed by atoms with Crippen LogP contribution in [-0.2, 0) is 10.0 Å².